The number of hydrogen-bond acceptors (Lipinski definition) is 5. The maximum Gasteiger partial charge on any atom is 0.155 e. The van der Waals surface area contributed by atoms with Gasteiger partial charge in [0.05, 0.1) is 0 Å². The molecule has 0 aliphatic carbocycles. The molecule has 0 amide bonds. The molecule has 3 aromatic rings. The van der Waals surface area contributed by atoms with E-state index in [4.69, 9.17) is 4.99 Å². The highest BCUT2D eigenvalue weighted by atomic mass is 16.3. The average Bonchev–Trinajstić information content (AvgIpc) is 3.07. The highest BCUT2D eigenvalue weighted by molar-refractivity contribution is 5.79. The lowest BCUT2D eigenvalue weighted by Gasteiger charge is -2.14. The van der Waals surface area contributed by atoms with Gasteiger partial charge in [-0.05, 0) is 54.7 Å². The summed E-state index contributed by atoms with van der Waals surface area (Å²) in [5, 5.41) is 15.1. The Morgan fingerprint density at radius 1 is 1.11 bits per heavy atom. The van der Waals surface area contributed by atoms with E-state index in [0.717, 1.165) is 52.5 Å². The predicted octanol–water partition coefficient (Wildman–Crippen LogP) is 2.62. The van der Waals surface area contributed by atoms with Crippen LogP contribution in [0.5, 0.6) is 5.75 Å². The van der Waals surface area contributed by atoms with Crippen molar-refractivity contribution in [3.63, 3.8) is 0 Å². The van der Waals surface area contributed by atoms with Gasteiger partial charge < -0.3 is 10.1 Å². The normalized spacial score (nSPS) is 18.1. The molecular weight excluding hydrogens is 338 g/mol. The zero-order chi connectivity index (χ0) is 18.2. The molecule has 1 unspecified atom stereocenters. The van der Waals surface area contributed by atoms with Crippen LogP contribution in [0, 0.1) is 0 Å². The summed E-state index contributed by atoms with van der Waals surface area (Å²) in [5.41, 5.74) is 8.38. The van der Waals surface area contributed by atoms with Crippen LogP contribution in [0.15, 0.2) is 58.9 Å². The Hall–Kier alpha value is -3.41. The molecule has 5 rings (SSSR count). The molecule has 0 fully saturated rings. The average molecular weight is 357 g/mol. The van der Waals surface area contributed by atoms with Crippen molar-refractivity contribution in [3.8, 4) is 5.75 Å². The van der Waals surface area contributed by atoms with Gasteiger partial charge in [-0.15, -0.1) is 0 Å². The van der Waals surface area contributed by atoms with E-state index in [-0.39, 0.29) is 11.8 Å². The van der Waals surface area contributed by atoms with Crippen LogP contribution in [-0.2, 0) is 0 Å². The topological polar surface area (TPSA) is 85.7 Å². The summed E-state index contributed by atoms with van der Waals surface area (Å²) in [6, 6.07) is 11.1. The molecule has 2 aliphatic heterocycles. The highest BCUT2D eigenvalue weighted by Gasteiger charge is 2.26. The minimum atomic E-state index is -0.205. The first kappa shape index (κ1) is 15.8. The number of hydrazone groups is 1. The van der Waals surface area contributed by atoms with E-state index in [1.165, 1.54) is 5.57 Å². The van der Waals surface area contributed by atoms with Gasteiger partial charge in [-0.25, -0.2) is 4.98 Å². The lowest BCUT2D eigenvalue weighted by molar-refractivity contribution is 0.475. The monoisotopic (exact) mass is 357 g/mol. The van der Waals surface area contributed by atoms with E-state index in [0.29, 0.717) is 0 Å². The molecule has 27 heavy (non-hydrogen) atoms. The second-order valence-corrected chi connectivity index (χ2v) is 6.79. The quantitative estimate of drug-likeness (QED) is 0.626. The number of H-pyrrole nitrogens is 1. The second kappa shape index (κ2) is 6.39. The number of phenolic OH excluding ortho intramolecular Hbond substituents is 1. The van der Waals surface area contributed by atoms with Crippen LogP contribution in [-0.4, -0.2) is 21.3 Å². The molecule has 2 aromatic heterocycles. The number of aromatic amines is 1. The van der Waals surface area contributed by atoms with E-state index < -0.39 is 0 Å². The first-order chi connectivity index (χ1) is 13.3. The first-order valence-electron chi connectivity index (χ1n) is 9.11. The van der Waals surface area contributed by atoms with Crippen molar-refractivity contribution in [1.82, 2.24) is 9.97 Å². The maximum atomic E-state index is 9.68. The molecule has 0 saturated carbocycles. The fourth-order valence-electron chi connectivity index (χ4n) is 3.84. The summed E-state index contributed by atoms with van der Waals surface area (Å²) in [5.74, 6) is 1.13. The number of nitrogens with zero attached hydrogens (tertiary/aromatic N) is 3. The van der Waals surface area contributed by atoms with E-state index in [2.05, 4.69) is 26.6 Å². The van der Waals surface area contributed by atoms with Crippen LogP contribution < -0.4 is 16.1 Å². The summed E-state index contributed by atoms with van der Waals surface area (Å²) < 4.78 is 0. The van der Waals surface area contributed by atoms with Gasteiger partial charge in [0.15, 0.2) is 5.49 Å². The fourth-order valence-corrected chi connectivity index (χ4v) is 3.84. The third-order valence-electron chi connectivity index (χ3n) is 5.11. The largest absolute Gasteiger partial charge is 0.508 e. The van der Waals surface area contributed by atoms with Crippen LogP contribution >= 0.6 is 0 Å². The zero-order valence-corrected chi connectivity index (χ0v) is 14.7. The first-order valence-corrected chi connectivity index (χ1v) is 9.11. The SMILES string of the molecule is Oc1ccc(C2N=c3ncccc3=C3CCCC=NNc4[nH]cc2c43)cc1. The number of fused-ring (bicyclic) bond motifs is 1. The lowest BCUT2D eigenvalue weighted by Crippen LogP contribution is -2.30. The van der Waals surface area contributed by atoms with Gasteiger partial charge in [-0.2, -0.15) is 5.10 Å². The van der Waals surface area contributed by atoms with Gasteiger partial charge in [0.2, 0.25) is 0 Å². The molecule has 0 saturated heterocycles. The Kier molecular flexibility index (Phi) is 3.74. The van der Waals surface area contributed by atoms with Gasteiger partial charge in [0, 0.05) is 35.0 Å². The van der Waals surface area contributed by atoms with Crippen LogP contribution in [0.3, 0.4) is 0 Å². The summed E-state index contributed by atoms with van der Waals surface area (Å²) in [6.07, 6.45) is 8.58. The van der Waals surface area contributed by atoms with Gasteiger partial charge >= 0.3 is 0 Å². The third kappa shape index (κ3) is 2.70. The number of phenols is 1. The molecule has 134 valence electrons. The Morgan fingerprint density at radius 2 is 2.00 bits per heavy atom. The fraction of sp³-hybridized carbons (Fsp3) is 0.190. The summed E-state index contributed by atoms with van der Waals surface area (Å²) in [4.78, 5) is 12.9. The molecule has 6 heteroatoms. The number of hydrogen-bond donors (Lipinski definition) is 3. The number of pyridine rings is 1. The summed E-state index contributed by atoms with van der Waals surface area (Å²) >= 11 is 0. The predicted molar refractivity (Wildman–Crippen MR) is 104 cm³/mol. The number of aromatic hydroxyl groups is 1. The molecular formula is C21H19N5O. The van der Waals surface area contributed by atoms with Crippen LogP contribution in [0.2, 0.25) is 0 Å². The molecule has 4 heterocycles. The summed E-state index contributed by atoms with van der Waals surface area (Å²) in [6.45, 7) is 0. The van der Waals surface area contributed by atoms with Crippen molar-refractivity contribution in [1.29, 1.82) is 0 Å². The van der Waals surface area contributed by atoms with E-state index in [9.17, 15) is 5.11 Å². The van der Waals surface area contributed by atoms with Crippen molar-refractivity contribution < 1.29 is 5.11 Å². The van der Waals surface area contributed by atoms with Crippen LogP contribution in [0.4, 0.5) is 5.82 Å². The molecule has 6 nitrogen and oxygen atoms in total. The van der Waals surface area contributed by atoms with Crippen molar-refractivity contribution in [2.24, 2.45) is 10.1 Å². The number of nitrogens with one attached hydrogen (secondary N) is 2. The van der Waals surface area contributed by atoms with Crippen molar-refractivity contribution in [2.75, 3.05) is 5.43 Å². The molecule has 1 atom stereocenters. The Balaban J connectivity index is 1.83. The van der Waals surface area contributed by atoms with E-state index in [1.807, 2.05) is 30.6 Å². The second-order valence-electron chi connectivity index (χ2n) is 6.79. The smallest absolute Gasteiger partial charge is 0.155 e. The van der Waals surface area contributed by atoms with Crippen LogP contribution in [0.25, 0.3) is 5.57 Å². The minimum absolute atomic E-state index is 0.205. The number of aromatic nitrogens is 2. The number of rotatable bonds is 1. The van der Waals surface area contributed by atoms with Crippen molar-refractivity contribution in [3.05, 3.63) is 76.2 Å². The molecule has 1 aromatic carbocycles. The third-order valence-corrected chi connectivity index (χ3v) is 5.11. The molecule has 0 radical (unpaired) electrons. The van der Waals surface area contributed by atoms with E-state index >= 15 is 0 Å². The molecule has 3 N–H and O–H groups in total. The molecule has 0 spiro atoms. The van der Waals surface area contributed by atoms with Crippen molar-refractivity contribution >= 4 is 17.6 Å². The van der Waals surface area contributed by atoms with Gasteiger partial charge in [-0.1, -0.05) is 12.1 Å². The Labute approximate surface area is 156 Å². The minimum Gasteiger partial charge on any atom is -0.508 e. The van der Waals surface area contributed by atoms with Gasteiger partial charge in [-0.3, -0.25) is 10.4 Å². The van der Waals surface area contributed by atoms with E-state index in [1.54, 1.807) is 18.3 Å². The standard InChI is InChI=1S/C21H19N5O/c27-14-8-6-13(7-9-14)19-17-12-23-21-18(17)15(4-1-2-11-24-26-21)16-5-3-10-22-20(16)25-19/h3,5-12,19,23,26-27H,1-2,4H2. The number of anilines is 1. The molecule has 2 aliphatic rings. The Bertz CT molecular complexity index is 1140. The highest BCUT2D eigenvalue weighted by Crippen LogP contribution is 2.38. The van der Waals surface area contributed by atoms with Gasteiger partial charge in [0.1, 0.15) is 17.6 Å². The lowest BCUT2D eigenvalue weighted by atomic mass is 9.92. The van der Waals surface area contributed by atoms with Crippen molar-refractivity contribution in [2.45, 2.75) is 25.3 Å². The summed E-state index contributed by atoms with van der Waals surface area (Å²) in [7, 11) is 0. The van der Waals surface area contributed by atoms with Crippen LogP contribution in [0.1, 0.15) is 42.0 Å². The zero-order valence-electron chi connectivity index (χ0n) is 14.7. The maximum absolute atomic E-state index is 9.68. The molecule has 0 bridgehead atoms. The van der Waals surface area contributed by atoms with Gasteiger partial charge in [0.25, 0.3) is 0 Å². The Morgan fingerprint density at radius 3 is 2.89 bits per heavy atom. The number of benzene rings is 1.